The second kappa shape index (κ2) is 11.2. The number of alkyl halides is 2. The van der Waals surface area contributed by atoms with Gasteiger partial charge in [-0.1, -0.05) is 39.0 Å². The lowest BCUT2D eigenvalue weighted by Gasteiger charge is -2.09. The molecule has 2 atom stereocenters. The van der Waals surface area contributed by atoms with Gasteiger partial charge in [0.2, 0.25) is 0 Å². The van der Waals surface area contributed by atoms with Gasteiger partial charge in [0.05, 0.1) is 7.11 Å². The van der Waals surface area contributed by atoms with E-state index in [1.165, 1.54) is 20.0 Å². The van der Waals surface area contributed by atoms with E-state index >= 15 is 0 Å². The van der Waals surface area contributed by atoms with Gasteiger partial charge in [-0.25, -0.2) is 0 Å². The van der Waals surface area contributed by atoms with Crippen LogP contribution < -0.4 is 0 Å². The third kappa shape index (κ3) is 9.72. The first-order valence-electron chi connectivity index (χ1n) is 6.47. The Bertz CT molecular complexity index is 198. The third-order valence-corrected chi connectivity index (χ3v) is 3.64. The van der Waals surface area contributed by atoms with Crippen molar-refractivity contribution in [3.05, 3.63) is 0 Å². The normalized spacial score (nSPS) is 14.4. The minimum Gasteiger partial charge on any atom is -0.468 e. The van der Waals surface area contributed by atoms with E-state index < -0.39 is 5.38 Å². The highest BCUT2D eigenvalue weighted by Gasteiger charge is 2.14. The largest absolute Gasteiger partial charge is 0.468 e. The average Bonchev–Trinajstić information content (AvgIpc) is 2.34. The minimum absolute atomic E-state index is 0.308. The zero-order chi connectivity index (χ0) is 13.1. The van der Waals surface area contributed by atoms with E-state index in [9.17, 15) is 4.79 Å². The summed E-state index contributed by atoms with van der Waals surface area (Å²) in [6, 6.07) is 0. The summed E-state index contributed by atoms with van der Waals surface area (Å²) in [6.07, 6.45) is 8.43. The molecule has 0 fully saturated rings. The number of halogens is 2. The Balaban J connectivity index is 3.36. The van der Waals surface area contributed by atoms with Gasteiger partial charge in [0.1, 0.15) is 5.38 Å². The molecule has 0 aromatic heterocycles. The molecule has 2 unspecified atom stereocenters. The first-order chi connectivity index (χ1) is 8.11. The summed E-state index contributed by atoms with van der Waals surface area (Å²) < 4.78 is 4.56. The van der Waals surface area contributed by atoms with Crippen LogP contribution in [0.25, 0.3) is 0 Å². The number of ether oxygens (including phenoxy) is 1. The van der Waals surface area contributed by atoms with E-state index in [1.54, 1.807) is 0 Å². The van der Waals surface area contributed by atoms with E-state index in [1.807, 2.05) is 0 Å². The fourth-order valence-electron chi connectivity index (χ4n) is 1.68. The minimum atomic E-state index is -0.494. The lowest BCUT2D eigenvalue weighted by Crippen LogP contribution is -2.15. The molecule has 0 aliphatic heterocycles. The highest BCUT2D eigenvalue weighted by Crippen LogP contribution is 2.17. The van der Waals surface area contributed by atoms with Crippen molar-refractivity contribution >= 4 is 29.2 Å². The molecule has 0 saturated carbocycles. The molecular weight excluding hydrogens is 259 g/mol. The van der Waals surface area contributed by atoms with Crippen LogP contribution in [-0.2, 0) is 9.53 Å². The summed E-state index contributed by atoms with van der Waals surface area (Å²) in [5, 5.41) is -0.186. The summed E-state index contributed by atoms with van der Waals surface area (Å²) >= 11 is 12.0. The van der Waals surface area contributed by atoms with Crippen molar-refractivity contribution in [1.82, 2.24) is 0 Å². The van der Waals surface area contributed by atoms with Gasteiger partial charge in [-0.2, -0.15) is 0 Å². The highest BCUT2D eigenvalue weighted by atomic mass is 35.5. The third-order valence-electron chi connectivity index (χ3n) is 2.80. The Morgan fingerprint density at radius 2 is 1.65 bits per heavy atom. The van der Waals surface area contributed by atoms with Gasteiger partial charge in [0.25, 0.3) is 0 Å². The van der Waals surface area contributed by atoms with Crippen LogP contribution in [0.1, 0.15) is 58.3 Å². The molecule has 0 radical (unpaired) electrons. The zero-order valence-corrected chi connectivity index (χ0v) is 12.4. The van der Waals surface area contributed by atoms with Crippen molar-refractivity contribution < 1.29 is 9.53 Å². The second-order valence-corrected chi connectivity index (χ2v) is 5.51. The molecular formula is C13H24Cl2O2. The number of carbonyl (C=O) groups is 1. The Morgan fingerprint density at radius 3 is 2.24 bits per heavy atom. The fraction of sp³-hybridized carbons (Fsp3) is 0.923. The van der Waals surface area contributed by atoms with E-state index in [0.29, 0.717) is 11.8 Å². The molecule has 0 rings (SSSR count). The van der Waals surface area contributed by atoms with Crippen molar-refractivity contribution in [2.75, 3.05) is 7.11 Å². The molecule has 17 heavy (non-hydrogen) atoms. The molecule has 0 bridgehead atoms. The number of unbranched alkanes of at least 4 members (excludes halogenated alkanes) is 3. The Labute approximate surface area is 115 Å². The smallest absolute Gasteiger partial charge is 0.323 e. The topological polar surface area (TPSA) is 26.3 Å². The summed E-state index contributed by atoms with van der Waals surface area (Å²) in [5.41, 5.74) is 0. The van der Waals surface area contributed by atoms with Crippen LogP contribution in [0.4, 0.5) is 0 Å². The Hall–Kier alpha value is 0.0500. The SMILES string of the molecule is CCCCC(Cl)CCCCCC(Cl)C(=O)OC. The molecule has 0 aliphatic rings. The molecule has 0 heterocycles. The molecule has 0 saturated heterocycles. The molecule has 2 nitrogen and oxygen atoms in total. The van der Waals surface area contributed by atoms with Gasteiger partial charge < -0.3 is 4.74 Å². The summed E-state index contributed by atoms with van der Waals surface area (Å²) in [5.74, 6) is -0.329. The first-order valence-corrected chi connectivity index (χ1v) is 7.35. The Kier molecular flexibility index (Phi) is 11.2. The van der Waals surface area contributed by atoms with E-state index in [-0.39, 0.29) is 5.97 Å². The molecule has 0 aromatic rings. The first kappa shape index (κ1) is 17.1. The fourth-order valence-corrected chi connectivity index (χ4v) is 2.23. The monoisotopic (exact) mass is 282 g/mol. The van der Waals surface area contributed by atoms with Crippen LogP contribution in [-0.4, -0.2) is 23.8 Å². The van der Waals surface area contributed by atoms with E-state index in [2.05, 4.69) is 11.7 Å². The second-order valence-electron chi connectivity index (χ2n) is 4.37. The van der Waals surface area contributed by atoms with Crippen LogP contribution >= 0.6 is 23.2 Å². The number of methoxy groups -OCH3 is 1. The molecule has 0 amide bonds. The number of rotatable bonds is 10. The van der Waals surface area contributed by atoms with Crippen LogP contribution in [0.15, 0.2) is 0 Å². The van der Waals surface area contributed by atoms with Gasteiger partial charge in [-0.3, -0.25) is 4.79 Å². The van der Waals surface area contributed by atoms with Crippen molar-refractivity contribution in [1.29, 1.82) is 0 Å². The van der Waals surface area contributed by atoms with Crippen LogP contribution in [0.5, 0.6) is 0 Å². The van der Waals surface area contributed by atoms with Crippen molar-refractivity contribution in [3.8, 4) is 0 Å². The molecule has 0 N–H and O–H groups in total. The maximum Gasteiger partial charge on any atom is 0.323 e. The van der Waals surface area contributed by atoms with Crippen molar-refractivity contribution in [2.45, 2.75) is 69.0 Å². The predicted octanol–water partition coefficient (Wildman–Crippen LogP) is 4.51. The molecule has 4 heteroatoms. The summed E-state index contributed by atoms with van der Waals surface area (Å²) in [7, 11) is 1.36. The molecule has 0 aliphatic carbocycles. The lowest BCUT2D eigenvalue weighted by atomic mass is 10.1. The van der Waals surface area contributed by atoms with E-state index in [4.69, 9.17) is 23.2 Å². The molecule has 0 spiro atoms. The van der Waals surface area contributed by atoms with Gasteiger partial charge in [-0.15, -0.1) is 23.2 Å². The maximum absolute atomic E-state index is 11.0. The quantitative estimate of drug-likeness (QED) is 0.335. The maximum atomic E-state index is 11.0. The number of carbonyl (C=O) groups excluding carboxylic acids is 1. The van der Waals surface area contributed by atoms with Crippen LogP contribution in [0.3, 0.4) is 0 Å². The number of hydrogen-bond acceptors (Lipinski definition) is 2. The Morgan fingerprint density at radius 1 is 1.06 bits per heavy atom. The van der Waals surface area contributed by atoms with Crippen molar-refractivity contribution in [2.24, 2.45) is 0 Å². The van der Waals surface area contributed by atoms with E-state index in [0.717, 1.165) is 32.1 Å². The number of hydrogen-bond donors (Lipinski definition) is 0. The molecule has 102 valence electrons. The lowest BCUT2D eigenvalue weighted by molar-refractivity contribution is -0.140. The van der Waals surface area contributed by atoms with Gasteiger partial charge in [0.15, 0.2) is 0 Å². The van der Waals surface area contributed by atoms with Crippen molar-refractivity contribution in [3.63, 3.8) is 0 Å². The van der Waals surface area contributed by atoms with Crippen LogP contribution in [0.2, 0.25) is 0 Å². The van der Waals surface area contributed by atoms with Crippen LogP contribution in [0, 0.1) is 0 Å². The standard InChI is InChI=1S/C13H24Cl2O2/c1-3-4-8-11(14)9-6-5-7-10-12(15)13(16)17-2/h11-12H,3-10H2,1-2H3. The average molecular weight is 283 g/mol. The highest BCUT2D eigenvalue weighted by molar-refractivity contribution is 6.29. The van der Waals surface area contributed by atoms with Gasteiger partial charge in [0, 0.05) is 5.38 Å². The number of esters is 1. The summed E-state index contributed by atoms with van der Waals surface area (Å²) in [6.45, 7) is 2.18. The van der Waals surface area contributed by atoms with Gasteiger partial charge in [-0.05, 0) is 19.3 Å². The molecule has 0 aromatic carbocycles. The van der Waals surface area contributed by atoms with Gasteiger partial charge >= 0.3 is 5.97 Å². The predicted molar refractivity (Wildman–Crippen MR) is 73.9 cm³/mol. The summed E-state index contributed by atoms with van der Waals surface area (Å²) in [4.78, 5) is 11.0. The zero-order valence-electron chi connectivity index (χ0n) is 10.9.